The Bertz CT molecular complexity index is 819. The summed E-state index contributed by atoms with van der Waals surface area (Å²) in [5.41, 5.74) is 0.603. The van der Waals surface area contributed by atoms with E-state index >= 15 is 0 Å². The van der Waals surface area contributed by atoms with Crippen LogP contribution in [0.2, 0.25) is 0 Å². The van der Waals surface area contributed by atoms with Crippen LogP contribution in [-0.4, -0.2) is 16.0 Å². The molecule has 5 heteroatoms. The fourth-order valence-corrected chi connectivity index (χ4v) is 2.04. The van der Waals surface area contributed by atoms with Gasteiger partial charge in [-0.1, -0.05) is 30.3 Å². The normalized spacial score (nSPS) is 10.1. The second-order valence-electron chi connectivity index (χ2n) is 4.74. The summed E-state index contributed by atoms with van der Waals surface area (Å²) in [5.74, 6) is 0.403. The molecule has 0 unspecified atom stereocenters. The summed E-state index contributed by atoms with van der Waals surface area (Å²) in [6, 6.07) is 19.4. The number of aromatic hydroxyl groups is 1. The molecule has 1 aromatic heterocycles. The van der Waals surface area contributed by atoms with Crippen LogP contribution in [0.3, 0.4) is 0 Å². The number of anilines is 1. The number of nitrogens with one attached hydrogen (secondary N) is 1. The van der Waals surface area contributed by atoms with E-state index < -0.39 is 5.91 Å². The van der Waals surface area contributed by atoms with Crippen LogP contribution in [0, 0.1) is 0 Å². The molecule has 0 fully saturated rings. The first-order valence-corrected chi connectivity index (χ1v) is 7.01. The van der Waals surface area contributed by atoms with Gasteiger partial charge in [-0.05, 0) is 36.4 Å². The lowest BCUT2D eigenvalue weighted by molar-refractivity contribution is 0.102. The van der Waals surface area contributed by atoms with E-state index in [2.05, 4.69) is 10.3 Å². The van der Waals surface area contributed by atoms with Crippen molar-refractivity contribution < 1.29 is 14.6 Å². The van der Waals surface area contributed by atoms with Crippen LogP contribution in [0.25, 0.3) is 0 Å². The number of hydrogen-bond donors (Lipinski definition) is 2. The molecule has 3 rings (SSSR count). The molecule has 0 aliphatic carbocycles. The van der Waals surface area contributed by atoms with Crippen LogP contribution in [0.1, 0.15) is 10.4 Å². The third-order valence-electron chi connectivity index (χ3n) is 3.14. The van der Waals surface area contributed by atoms with E-state index in [1.165, 1.54) is 12.3 Å². The Morgan fingerprint density at radius 2 is 1.70 bits per heavy atom. The first kappa shape index (κ1) is 14.6. The number of amides is 1. The van der Waals surface area contributed by atoms with Crippen LogP contribution in [-0.2, 0) is 0 Å². The summed E-state index contributed by atoms with van der Waals surface area (Å²) >= 11 is 0. The minimum Gasteiger partial charge on any atom is -0.493 e. The summed E-state index contributed by atoms with van der Waals surface area (Å²) in [6.07, 6.45) is 1.42. The number of para-hydroxylation sites is 3. The van der Waals surface area contributed by atoms with Crippen LogP contribution >= 0.6 is 0 Å². The number of benzene rings is 2. The molecule has 3 aromatic rings. The average molecular weight is 306 g/mol. The van der Waals surface area contributed by atoms with Gasteiger partial charge in [0.05, 0.1) is 5.69 Å². The van der Waals surface area contributed by atoms with E-state index in [0.29, 0.717) is 17.2 Å². The second kappa shape index (κ2) is 6.62. The molecule has 23 heavy (non-hydrogen) atoms. The van der Waals surface area contributed by atoms with Gasteiger partial charge < -0.3 is 15.2 Å². The van der Waals surface area contributed by atoms with E-state index in [1.54, 1.807) is 24.3 Å². The highest BCUT2D eigenvalue weighted by molar-refractivity contribution is 6.06. The van der Waals surface area contributed by atoms with Gasteiger partial charge >= 0.3 is 0 Å². The third kappa shape index (κ3) is 3.47. The molecule has 0 aliphatic rings. The molecular formula is C18H14N2O3. The molecule has 0 radical (unpaired) electrons. The van der Waals surface area contributed by atoms with Gasteiger partial charge in [0.2, 0.25) is 5.88 Å². The molecule has 114 valence electrons. The molecule has 0 spiro atoms. The Labute approximate surface area is 133 Å². The van der Waals surface area contributed by atoms with E-state index in [9.17, 15) is 9.90 Å². The first-order chi connectivity index (χ1) is 11.2. The maximum absolute atomic E-state index is 12.3. The highest BCUT2D eigenvalue weighted by Gasteiger charge is 2.14. The van der Waals surface area contributed by atoms with Gasteiger partial charge in [-0.15, -0.1) is 0 Å². The predicted octanol–water partition coefficient (Wildman–Crippen LogP) is 3.83. The fraction of sp³-hybridized carbons (Fsp3) is 0. The fourth-order valence-electron chi connectivity index (χ4n) is 2.04. The zero-order valence-corrected chi connectivity index (χ0v) is 12.1. The number of ether oxygens (including phenoxy) is 1. The van der Waals surface area contributed by atoms with Crippen molar-refractivity contribution in [3.05, 3.63) is 78.5 Å². The van der Waals surface area contributed by atoms with E-state index in [4.69, 9.17) is 4.74 Å². The smallest absolute Gasteiger partial charge is 0.261 e. The van der Waals surface area contributed by atoms with Crippen molar-refractivity contribution >= 4 is 11.6 Å². The van der Waals surface area contributed by atoms with Crippen LogP contribution in [0.4, 0.5) is 5.69 Å². The molecular weight excluding hydrogens is 292 g/mol. The largest absolute Gasteiger partial charge is 0.493 e. The topological polar surface area (TPSA) is 71.5 Å². The summed E-state index contributed by atoms with van der Waals surface area (Å²) in [4.78, 5) is 16.0. The van der Waals surface area contributed by atoms with Crippen molar-refractivity contribution in [1.29, 1.82) is 0 Å². The Hall–Kier alpha value is -3.34. The van der Waals surface area contributed by atoms with Crippen molar-refractivity contribution in [3.63, 3.8) is 0 Å². The molecule has 0 atom stereocenters. The highest BCUT2D eigenvalue weighted by atomic mass is 16.5. The molecule has 0 aliphatic heterocycles. The van der Waals surface area contributed by atoms with Crippen LogP contribution in [0.5, 0.6) is 17.4 Å². The Kier molecular flexibility index (Phi) is 4.20. The van der Waals surface area contributed by atoms with Gasteiger partial charge in [-0.3, -0.25) is 4.79 Å². The number of rotatable bonds is 4. The zero-order valence-electron chi connectivity index (χ0n) is 12.1. The summed E-state index contributed by atoms with van der Waals surface area (Å²) in [6.45, 7) is 0. The quantitative estimate of drug-likeness (QED) is 0.768. The molecule has 1 amide bonds. The van der Waals surface area contributed by atoms with Gasteiger partial charge in [0, 0.05) is 6.20 Å². The van der Waals surface area contributed by atoms with Crippen molar-refractivity contribution in [1.82, 2.24) is 4.98 Å². The number of carbonyl (C=O) groups is 1. The van der Waals surface area contributed by atoms with Crippen LogP contribution in [0.15, 0.2) is 72.9 Å². The third-order valence-corrected chi connectivity index (χ3v) is 3.14. The number of aromatic nitrogens is 1. The van der Waals surface area contributed by atoms with Gasteiger partial charge in [-0.2, -0.15) is 0 Å². The molecule has 2 N–H and O–H groups in total. The van der Waals surface area contributed by atoms with Crippen molar-refractivity contribution in [2.24, 2.45) is 0 Å². The lowest BCUT2D eigenvalue weighted by atomic mass is 10.2. The SMILES string of the molecule is O=C(Nc1ccccc1Oc1ccccc1)c1cccnc1O. The Morgan fingerprint density at radius 3 is 2.48 bits per heavy atom. The number of nitrogens with zero attached hydrogens (tertiary/aromatic N) is 1. The molecule has 2 aromatic carbocycles. The molecule has 0 saturated heterocycles. The van der Waals surface area contributed by atoms with Gasteiger partial charge in [-0.25, -0.2) is 4.98 Å². The van der Waals surface area contributed by atoms with E-state index in [-0.39, 0.29) is 11.4 Å². The maximum Gasteiger partial charge on any atom is 0.261 e. The monoisotopic (exact) mass is 306 g/mol. The molecule has 0 bridgehead atoms. The lowest BCUT2D eigenvalue weighted by Crippen LogP contribution is -2.13. The standard InChI is InChI=1S/C18H14N2O3/c21-17-14(9-6-12-19-17)18(22)20-15-10-4-5-11-16(15)23-13-7-2-1-3-8-13/h1-12H,(H,19,21)(H,20,22). The molecule has 1 heterocycles. The highest BCUT2D eigenvalue weighted by Crippen LogP contribution is 2.29. The van der Waals surface area contributed by atoms with Crippen molar-refractivity contribution in [2.45, 2.75) is 0 Å². The summed E-state index contributed by atoms with van der Waals surface area (Å²) in [7, 11) is 0. The lowest BCUT2D eigenvalue weighted by Gasteiger charge is -2.12. The minimum absolute atomic E-state index is 0.0991. The zero-order chi connectivity index (χ0) is 16.1. The van der Waals surface area contributed by atoms with Crippen LogP contribution < -0.4 is 10.1 Å². The van der Waals surface area contributed by atoms with Crippen molar-refractivity contribution in [3.8, 4) is 17.4 Å². The predicted molar refractivity (Wildman–Crippen MR) is 86.8 cm³/mol. The summed E-state index contributed by atoms with van der Waals surface area (Å²) in [5, 5.41) is 12.4. The average Bonchev–Trinajstić information content (AvgIpc) is 2.58. The van der Waals surface area contributed by atoms with E-state index in [1.807, 2.05) is 36.4 Å². The number of pyridine rings is 1. The Balaban J connectivity index is 1.84. The number of carbonyl (C=O) groups excluding carboxylic acids is 1. The maximum atomic E-state index is 12.3. The number of hydrogen-bond acceptors (Lipinski definition) is 4. The molecule has 5 nitrogen and oxygen atoms in total. The molecule has 0 saturated carbocycles. The Morgan fingerprint density at radius 1 is 0.957 bits per heavy atom. The van der Waals surface area contributed by atoms with Gasteiger partial charge in [0.1, 0.15) is 11.3 Å². The van der Waals surface area contributed by atoms with Gasteiger partial charge in [0.25, 0.3) is 5.91 Å². The first-order valence-electron chi connectivity index (χ1n) is 7.01. The van der Waals surface area contributed by atoms with Gasteiger partial charge in [0.15, 0.2) is 5.75 Å². The van der Waals surface area contributed by atoms with E-state index in [0.717, 1.165) is 0 Å². The van der Waals surface area contributed by atoms with Crippen molar-refractivity contribution in [2.75, 3.05) is 5.32 Å². The minimum atomic E-state index is -0.459. The second-order valence-corrected chi connectivity index (χ2v) is 4.74. The summed E-state index contributed by atoms with van der Waals surface area (Å²) < 4.78 is 5.78.